The van der Waals surface area contributed by atoms with Crippen molar-refractivity contribution in [1.29, 1.82) is 0 Å². The summed E-state index contributed by atoms with van der Waals surface area (Å²) in [5.41, 5.74) is 5.61. The highest BCUT2D eigenvalue weighted by Crippen LogP contribution is 2.37. The highest BCUT2D eigenvalue weighted by atomic mass is 16.5. The van der Waals surface area contributed by atoms with Crippen molar-refractivity contribution in [2.24, 2.45) is 0 Å². The van der Waals surface area contributed by atoms with Crippen LogP contribution in [0, 0.1) is 6.92 Å². The molecule has 6 rings (SSSR count). The van der Waals surface area contributed by atoms with Crippen LogP contribution in [0.15, 0.2) is 66.4 Å². The molecule has 0 radical (unpaired) electrons. The van der Waals surface area contributed by atoms with Crippen molar-refractivity contribution in [3.05, 3.63) is 83.2 Å². The largest absolute Gasteiger partial charge is 0.497 e. The van der Waals surface area contributed by atoms with E-state index >= 15 is 0 Å². The van der Waals surface area contributed by atoms with Crippen LogP contribution in [0.5, 0.6) is 11.5 Å². The minimum atomic E-state index is -0.403. The van der Waals surface area contributed by atoms with Crippen molar-refractivity contribution in [3.63, 3.8) is 0 Å². The number of anilines is 3. The van der Waals surface area contributed by atoms with Gasteiger partial charge in [-0.2, -0.15) is 0 Å². The zero-order valence-corrected chi connectivity index (χ0v) is 28.4. The van der Waals surface area contributed by atoms with Gasteiger partial charge in [-0.1, -0.05) is 0 Å². The van der Waals surface area contributed by atoms with Crippen LogP contribution in [0.1, 0.15) is 21.6 Å². The number of nitrogens with zero attached hydrogens (tertiary/aromatic N) is 4. The molecule has 252 valence electrons. The van der Waals surface area contributed by atoms with Crippen molar-refractivity contribution in [2.45, 2.75) is 13.5 Å². The third-order valence-electron chi connectivity index (χ3n) is 9.05. The molecule has 1 saturated heterocycles. The van der Waals surface area contributed by atoms with Gasteiger partial charge in [0.1, 0.15) is 11.5 Å². The highest BCUT2D eigenvalue weighted by Gasteiger charge is 2.29. The standard InChI is InChI=1S/C37H45N7O4/c1-25-30(31-23-29(47-5)11-12-33(31)44(25)21-20-43-18-16-42(4)17-19-43)24-35-36(45)32-22-28(10-13-34(32)48-35)40-37(46)39-27-8-6-26(7-9-27)38-14-15-41(2)3/h6-13,22-24,38H,14-21H2,1-5H3,(H2,39,40,46). The van der Waals surface area contributed by atoms with Crippen molar-refractivity contribution in [3.8, 4) is 11.5 Å². The summed E-state index contributed by atoms with van der Waals surface area (Å²) in [6.07, 6.45) is 1.84. The Kier molecular flexibility index (Phi) is 10.00. The summed E-state index contributed by atoms with van der Waals surface area (Å²) in [6, 6.07) is 18.3. The molecule has 1 fully saturated rings. The van der Waals surface area contributed by atoms with E-state index in [-0.39, 0.29) is 11.5 Å². The first-order valence-electron chi connectivity index (χ1n) is 16.4. The van der Waals surface area contributed by atoms with E-state index in [0.29, 0.717) is 22.7 Å². The van der Waals surface area contributed by atoms with Crippen LogP contribution >= 0.6 is 0 Å². The number of carbonyl (C=O) groups excluding carboxylic acids is 2. The fraction of sp³-hybridized carbons (Fsp3) is 0.351. The molecule has 3 N–H and O–H groups in total. The number of hydrogen-bond donors (Lipinski definition) is 3. The molecule has 0 bridgehead atoms. The molecule has 0 aliphatic carbocycles. The lowest BCUT2D eigenvalue weighted by molar-refractivity contribution is 0.101. The highest BCUT2D eigenvalue weighted by molar-refractivity contribution is 6.16. The fourth-order valence-electron chi connectivity index (χ4n) is 6.18. The Morgan fingerprint density at radius 2 is 1.65 bits per heavy atom. The molecule has 11 heteroatoms. The van der Waals surface area contributed by atoms with Crippen LogP contribution in [0.3, 0.4) is 0 Å². The van der Waals surface area contributed by atoms with E-state index < -0.39 is 6.03 Å². The van der Waals surface area contributed by atoms with Gasteiger partial charge < -0.3 is 39.8 Å². The number of piperazine rings is 1. The zero-order valence-electron chi connectivity index (χ0n) is 28.4. The Labute approximate surface area is 282 Å². The number of ketones is 1. The minimum Gasteiger partial charge on any atom is -0.497 e. The monoisotopic (exact) mass is 651 g/mol. The number of nitrogens with one attached hydrogen (secondary N) is 3. The van der Waals surface area contributed by atoms with Crippen LogP contribution in [0.4, 0.5) is 21.9 Å². The van der Waals surface area contributed by atoms with E-state index in [1.165, 1.54) is 0 Å². The Morgan fingerprint density at radius 3 is 2.38 bits per heavy atom. The summed E-state index contributed by atoms with van der Waals surface area (Å²) in [5.74, 6) is 1.23. The van der Waals surface area contributed by atoms with Gasteiger partial charge in [-0.05, 0) is 94.8 Å². The number of allylic oxidation sites excluding steroid dienone is 1. The number of methoxy groups -OCH3 is 1. The summed E-state index contributed by atoms with van der Waals surface area (Å²) in [6.45, 7) is 9.89. The molecule has 3 aromatic carbocycles. The lowest BCUT2D eigenvalue weighted by Crippen LogP contribution is -2.45. The number of carbonyl (C=O) groups is 2. The van der Waals surface area contributed by atoms with Crippen molar-refractivity contribution in [2.75, 3.05) is 90.0 Å². The second-order valence-corrected chi connectivity index (χ2v) is 12.7. The molecule has 11 nitrogen and oxygen atoms in total. The zero-order chi connectivity index (χ0) is 33.8. The van der Waals surface area contributed by atoms with E-state index in [2.05, 4.69) is 55.3 Å². The summed E-state index contributed by atoms with van der Waals surface area (Å²) in [4.78, 5) is 33.4. The van der Waals surface area contributed by atoms with Crippen molar-refractivity contribution < 1.29 is 19.1 Å². The van der Waals surface area contributed by atoms with Crippen LogP contribution in [-0.4, -0.2) is 105 Å². The molecular weight excluding hydrogens is 606 g/mol. The van der Waals surface area contributed by atoms with Crippen LogP contribution < -0.4 is 25.4 Å². The number of fused-ring (bicyclic) bond motifs is 2. The maximum Gasteiger partial charge on any atom is 0.323 e. The summed E-state index contributed by atoms with van der Waals surface area (Å²) in [5, 5.41) is 10.0. The molecule has 0 unspecified atom stereocenters. The quantitative estimate of drug-likeness (QED) is 0.184. The number of hydrogen-bond acceptors (Lipinski definition) is 8. The molecule has 3 heterocycles. The minimum absolute atomic E-state index is 0.230. The second kappa shape index (κ2) is 14.5. The Balaban J connectivity index is 1.16. The van der Waals surface area contributed by atoms with Crippen LogP contribution in [0.2, 0.25) is 0 Å². The Bertz CT molecular complexity index is 1820. The first-order chi connectivity index (χ1) is 23.2. The van der Waals surface area contributed by atoms with Gasteiger partial charge in [0.2, 0.25) is 5.78 Å². The summed E-state index contributed by atoms with van der Waals surface area (Å²) in [7, 11) is 7.89. The predicted molar refractivity (Wildman–Crippen MR) is 193 cm³/mol. The summed E-state index contributed by atoms with van der Waals surface area (Å²) >= 11 is 0. The van der Waals surface area contributed by atoms with Gasteiger partial charge in [-0.25, -0.2) is 4.79 Å². The molecular formula is C37H45N7O4. The summed E-state index contributed by atoms with van der Waals surface area (Å²) < 4.78 is 14.0. The first-order valence-corrected chi connectivity index (χ1v) is 16.4. The lowest BCUT2D eigenvalue weighted by Gasteiger charge is -2.32. The smallest absolute Gasteiger partial charge is 0.323 e. The van der Waals surface area contributed by atoms with Crippen LogP contribution in [0.25, 0.3) is 17.0 Å². The molecule has 2 aliphatic rings. The molecule has 48 heavy (non-hydrogen) atoms. The lowest BCUT2D eigenvalue weighted by atomic mass is 10.1. The van der Waals surface area contributed by atoms with Gasteiger partial charge in [0.15, 0.2) is 5.76 Å². The van der Waals surface area contributed by atoms with Crippen molar-refractivity contribution >= 4 is 45.9 Å². The molecule has 2 amide bonds. The average molecular weight is 652 g/mol. The van der Waals surface area contributed by atoms with Gasteiger partial charge in [-0.15, -0.1) is 0 Å². The Morgan fingerprint density at radius 1 is 0.938 bits per heavy atom. The number of urea groups is 1. The maximum absolute atomic E-state index is 13.6. The third-order valence-corrected chi connectivity index (χ3v) is 9.05. The number of ether oxygens (including phenoxy) is 2. The number of likely N-dealkylation sites (N-methyl/N-ethyl adjacent to an activating group) is 2. The van der Waals surface area contributed by atoms with E-state index in [1.807, 2.05) is 56.6 Å². The van der Waals surface area contributed by atoms with Gasteiger partial charge in [0.25, 0.3) is 0 Å². The molecule has 2 aliphatic heterocycles. The number of amides is 2. The van der Waals surface area contributed by atoms with E-state index in [1.54, 1.807) is 25.3 Å². The van der Waals surface area contributed by atoms with Gasteiger partial charge in [-0.3, -0.25) is 9.69 Å². The van der Waals surface area contributed by atoms with Crippen molar-refractivity contribution in [1.82, 2.24) is 19.3 Å². The Hall–Kier alpha value is -4.84. The molecule has 4 aromatic rings. The van der Waals surface area contributed by atoms with Crippen LogP contribution in [-0.2, 0) is 6.54 Å². The van der Waals surface area contributed by atoms with Gasteiger partial charge >= 0.3 is 6.03 Å². The molecule has 0 spiro atoms. The third kappa shape index (κ3) is 7.49. The molecule has 0 saturated carbocycles. The number of rotatable bonds is 11. The van der Waals surface area contributed by atoms with E-state index in [0.717, 1.165) is 86.0 Å². The predicted octanol–water partition coefficient (Wildman–Crippen LogP) is 5.44. The molecule has 1 aromatic heterocycles. The maximum atomic E-state index is 13.6. The number of aromatic nitrogens is 1. The topological polar surface area (TPSA) is 103 Å². The number of benzene rings is 3. The fourth-order valence-corrected chi connectivity index (χ4v) is 6.18. The SMILES string of the molecule is COc1ccc2c(c1)c(C=C1Oc3ccc(NC(=O)Nc4ccc(NCCN(C)C)cc4)cc3C1=O)c(C)n2CCN1CCN(C)CC1. The second-order valence-electron chi connectivity index (χ2n) is 12.7. The van der Waals surface area contributed by atoms with Gasteiger partial charge in [0.05, 0.1) is 12.7 Å². The van der Waals surface area contributed by atoms with Gasteiger partial charge in [0, 0.05) is 91.6 Å². The molecule has 0 atom stereocenters. The number of Topliss-reactive ketones (excluding diaryl/α,β-unsaturated/α-hetero) is 1. The average Bonchev–Trinajstić information content (AvgIpc) is 3.52. The first kappa shape index (κ1) is 33.1. The van der Waals surface area contributed by atoms with E-state index in [4.69, 9.17) is 9.47 Å². The normalized spacial score (nSPS) is 16.0. The van der Waals surface area contributed by atoms with E-state index in [9.17, 15) is 9.59 Å².